The van der Waals surface area contributed by atoms with Gasteiger partial charge in [0.05, 0.1) is 0 Å². The number of hydrogen-bond donors (Lipinski definition) is 1. The minimum absolute atomic E-state index is 0.0166. The molecule has 0 bridgehead atoms. The molecule has 1 N–H and O–H groups in total. The van der Waals surface area contributed by atoms with Gasteiger partial charge in [-0.3, -0.25) is 4.79 Å². The Morgan fingerprint density at radius 3 is 2.92 bits per heavy atom. The standard InChI is InChI=1S/C18H22N4O2/c1-22-11-9-15(10-12-22)18-20-17(24-21-18)8-7-16(23)19-13-14-5-3-2-4-6-14/h2-6,9H,7-8,10-13H2,1H3,(H,19,23). The second-order valence-electron chi connectivity index (χ2n) is 6.02. The summed E-state index contributed by atoms with van der Waals surface area (Å²) in [6.07, 6.45) is 3.86. The highest BCUT2D eigenvalue weighted by Crippen LogP contribution is 2.19. The van der Waals surface area contributed by atoms with E-state index >= 15 is 0 Å². The maximum Gasteiger partial charge on any atom is 0.227 e. The third-order valence-electron chi connectivity index (χ3n) is 4.07. The van der Waals surface area contributed by atoms with E-state index in [0.29, 0.717) is 31.1 Å². The Kier molecular flexibility index (Phi) is 5.38. The second-order valence-corrected chi connectivity index (χ2v) is 6.02. The lowest BCUT2D eigenvalue weighted by atomic mass is 10.1. The summed E-state index contributed by atoms with van der Waals surface area (Å²) in [4.78, 5) is 18.6. The van der Waals surface area contributed by atoms with Crippen LogP contribution in [0.3, 0.4) is 0 Å². The summed E-state index contributed by atoms with van der Waals surface area (Å²) in [5, 5.41) is 6.93. The van der Waals surface area contributed by atoms with Crippen molar-refractivity contribution in [1.29, 1.82) is 0 Å². The Morgan fingerprint density at radius 2 is 2.17 bits per heavy atom. The molecular weight excluding hydrogens is 304 g/mol. The lowest BCUT2D eigenvalue weighted by Gasteiger charge is -2.19. The predicted molar refractivity (Wildman–Crippen MR) is 91.0 cm³/mol. The maximum absolute atomic E-state index is 11.9. The van der Waals surface area contributed by atoms with Crippen molar-refractivity contribution in [3.8, 4) is 0 Å². The molecule has 0 saturated carbocycles. The summed E-state index contributed by atoms with van der Waals surface area (Å²) in [5.41, 5.74) is 2.21. The molecule has 2 aromatic rings. The van der Waals surface area contributed by atoms with Gasteiger partial charge in [-0.25, -0.2) is 0 Å². The summed E-state index contributed by atoms with van der Waals surface area (Å²) in [7, 11) is 2.09. The van der Waals surface area contributed by atoms with Gasteiger partial charge in [-0.2, -0.15) is 4.98 Å². The molecule has 0 aliphatic carbocycles. The highest BCUT2D eigenvalue weighted by Gasteiger charge is 2.15. The molecule has 0 atom stereocenters. The number of carbonyl (C=O) groups excluding carboxylic acids is 1. The molecule has 0 spiro atoms. The minimum atomic E-state index is -0.0166. The third kappa shape index (κ3) is 4.52. The van der Waals surface area contributed by atoms with Crippen LogP contribution in [-0.2, 0) is 17.8 Å². The number of nitrogens with one attached hydrogen (secondary N) is 1. The number of aromatic nitrogens is 2. The fourth-order valence-corrected chi connectivity index (χ4v) is 2.57. The van der Waals surface area contributed by atoms with Gasteiger partial charge in [0, 0.05) is 32.5 Å². The first-order chi connectivity index (χ1) is 11.7. The number of carbonyl (C=O) groups is 1. The van der Waals surface area contributed by atoms with Crippen LogP contribution in [0.25, 0.3) is 5.57 Å². The van der Waals surface area contributed by atoms with E-state index in [4.69, 9.17) is 4.52 Å². The molecule has 1 aromatic heterocycles. The maximum atomic E-state index is 11.9. The van der Waals surface area contributed by atoms with Crippen LogP contribution in [0, 0.1) is 0 Å². The van der Waals surface area contributed by atoms with Crippen LogP contribution in [0.5, 0.6) is 0 Å². The third-order valence-corrected chi connectivity index (χ3v) is 4.07. The molecule has 1 aliphatic heterocycles. The Hall–Kier alpha value is -2.47. The van der Waals surface area contributed by atoms with Gasteiger partial charge in [0.25, 0.3) is 0 Å². The van der Waals surface area contributed by atoms with Crippen LogP contribution in [0.4, 0.5) is 0 Å². The summed E-state index contributed by atoms with van der Waals surface area (Å²) >= 11 is 0. The topological polar surface area (TPSA) is 71.3 Å². The largest absolute Gasteiger partial charge is 0.352 e. The molecule has 1 amide bonds. The number of rotatable bonds is 6. The van der Waals surface area contributed by atoms with Gasteiger partial charge in [0.1, 0.15) is 0 Å². The average molecular weight is 326 g/mol. The summed E-state index contributed by atoms with van der Waals surface area (Å²) in [5.74, 6) is 1.15. The highest BCUT2D eigenvalue weighted by atomic mass is 16.5. The molecule has 6 nitrogen and oxygen atoms in total. The molecule has 0 radical (unpaired) electrons. The Balaban J connectivity index is 1.46. The quantitative estimate of drug-likeness (QED) is 0.879. The van der Waals surface area contributed by atoms with E-state index in [-0.39, 0.29) is 5.91 Å². The van der Waals surface area contributed by atoms with E-state index in [1.807, 2.05) is 30.3 Å². The molecule has 0 saturated heterocycles. The second kappa shape index (κ2) is 7.88. The monoisotopic (exact) mass is 326 g/mol. The van der Waals surface area contributed by atoms with Crippen molar-refractivity contribution >= 4 is 11.5 Å². The van der Waals surface area contributed by atoms with Crippen molar-refractivity contribution in [2.75, 3.05) is 20.1 Å². The van der Waals surface area contributed by atoms with Gasteiger partial charge in [0.2, 0.25) is 11.8 Å². The van der Waals surface area contributed by atoms with E-state index in [1.54, 1.807) is 0 Å². The fraction of sp³-hybridized carbons (Fsp3) is 0.389. The van der Waals surface area contributed by atoms with Crippen LogP contribution >= 0.6 is 0 Å². The first-order valence-electron chi connectivity index (χ1n) is 8.22. The first-order valence-corrected chi connectivity index (χ1v) is 8.22. The average Bonchev–Trinajstić information content (AvgIpc) is 3.09. The van der Waals surface area contributed by atoms with Gasteiger partial charge >= 0.3 is 0 Å². The molecule has 6 heteroatoms. The van der Waals surface area contributed by atoms with Crippen LogP contribution in [-0.4, -0.2) is 41.1 Å². The Bertz CT molecular complexity index is 709. The predicted octanol–water partition coefficient (Wildman–Crippen LogP) is 2.04. The summed E-state index contributed by atoms with van der Waals surface area (Å²) < 4.78 is 5.26. The van der Waals surface area contributed by atoms with Crippen molar-refractivity contribution in [1.82, 2.24) is 20.4 Å². The number of benzene rings is 1. The smallest absolute Gasteiger partial charge is 0.227 e. The van der Waals surface area contributed by atoms with Crippen LogP contribution in [0.1, 0.15) is 30.1 Å². The normalized spacial score (nSPS) is 15.1. The Labute approximate surface area is 141 Å². The van der Waals surface area contributed by atoms with Crippen molar-refractivity contribution in [3.05, 3.63) is 53.7 Å². The van der Waals surface area contributed by atoms with E-state index in [9.17, 15) is 4.79 Å². The number of nitrogens with zero attached hydrogens (tertiary/aromatic N) is 3. The van der Waals surface area contributed by atoms with Crippen LogP contribution in [0.15, 0.2) is 40.9 Å². The summed E-state index contributed by atoms with van der Waals surface area (Å²) in [6.45, 7) is 2.44. The van der Waals surface area contributed by atoms with Crippen LogP contribution < -0.4 is 5.32 Å². The summed E-state index contributed by atoms with van der Waals surface area (Å²) in [6, 6.07) is 9.84. The molecule has 3 rings (SSSR count). The molecule has 0 fully saturated rings. The number of amides is 1. The van der Waals surface area contributed by atoms with Crippen molar-refractivity contribution < 1.29 is 9.32 Å². The van der Waals surface area contributed by atoms with Crippen molar-refractivity contribution in [2.24, 2.45) is 0 Å². The molecular formula is C18H22N4O2. The first kappa shape index (κ1) is 16.4. The van der Waals surface area contributed by atoms with E-state index in [2.05, 4.69) is 33.5 Å². The molecule has 1 aliphatic rings. The Morgan fingerprint density at radius 1 is 1.33 bits per heavy atom. The SMILES string of the molecule is CN1CC=C(c2noc(CCC(=O)NCc3ccccc3)n2)CC1. The van der Waals surface area contributed by atoms with Gasteiger partial charge in [-0.15, -0.1) is 0 Å². The molecule has 0 unspecified atom stereocenters. The molecule has 126 valence electrons. The van der Waals surface area contributed by atoms with Gasteiger partial charge in [-0.1, -0.05) is 41.6 Å². The molecule has 24 heavy (non-hydrogen) atoms. The lowest BCUT2D eigenvalue weighted by molar-refractivity contribution is -0.121. The van der Waals surface area contributed by atoms with Crippen LogP contribution in [0.2, 0.25) is 0 Å². The lowest BCUT2D eigenvalue weighted by Crippen LogP contribution is -2.24. The van der Waals surface area contributed by atoms with Gasteiger partial charge in [-0.05, 0) is 24.6 Å². The van der Waals surface area contributed by atoms with Crippen molar-refractivity contribution in [3.63, 3.8) is 0 Å². The zero-order valence-electron chi connectivity index (χ0n) is 13.9. The van der Waals surface area contributed by atoms with E-state index in [1.165, 1.54) is 0 Å². The molecule has 2 heterocycles. The van der Waals surface area contributed by atoms with E-state index in [0.717, 1.165) is 30.6 Å². The highest BCUT2D eigenvalue weighted by molar-refractivity contribution is 5.76. The van der Waals surface area contributed by atoms with Gasteiger partial charge < -0.3 is 14.7 Å². The molecule has 1 aromatic carbocycles. The fourth-order valence-electron chi connectivity index (χ4n) is 2.57. The van der Waals surface area contributed by atoms with Crippen molar-refractivity contribution in [2.45, 2.75) is 25.8 Å². The number of aryl methyl sites for hydroxylation is 1. The van der Waals surface area contributed by atoms with E-state index < -0.39 is 0 Å². The van der Waals surface area contributed by atoms with Gasteiger partial charge in [0.15, 0.2) is 5.82 Å². The zero-order valence-corrected chi connectivity index (χ0v) is 13.9. The number of hydrogen-bond acceptors (Lipinski definition) is 5. The minimum Gasteiger partial charge on any atom is -0.352 e. The number of likely N-dealkylation sites (N-methyl/N-ethyl adjacent to an activating group) is 1. The zero-order chi connectivity index (χ0) is 16.8.